The van der Waals surface area contributed by atoms with Crippen LogP contribution in [0.15, 0.2) is 23.3 Å². The van der Waals surface area contributed by atoms with Gasteiger partial charge in [-0.25, -0.2) is 0 Å². The van der Waals surface area contributed by atoms with Crippen molar-refractivity contribution in [2.45, 2.75) is 53.4 Å². The zero-order valence-electron chi connectivity index (χ0n) is 8.98. The van der Waals surface area contributed by atoms with Crippen LogP contribution in [0.4, 0.5) is 0 Å². The third kappa shape index (κ3) is 5.17. The lowest BCUT2D eigenvalue weighted by Crippen LogP contribution is -1.77. The Morgan fingerprint density at radius 1 is 0.917 bits per heavy atom. The predicted molar refractivity (Wildman–Crippen MR) is 57.3 cm³/mol. The smallest absolute Gasteiger partial charge is 0.0164 e. The Bertz CT molecular complexity index is 155. The Morgan fingerprint density at radius 2 is 1.50 bits per heavy atom. The minimum atomic E-state index is 1.12. The molecule has 0 N–H and O–H groups in total. The molecule has 0 aromatic heterocycles. The molecule has 0 spiro atoms. The Hall–Kier alpha value is -0.520. The molecule has 0 aliphatic carbocycles. The molecule has 0 fully saturated rings. The standard InChI is InChI=1S/C12H22/c1-5-11(4)9-8-10-12(6-2)7-3/h9-10H,5-8H2,1-4H3. The molecule has 70 valence electrons. The van der Waals surface area contributed by atoms with Crippen LogP contribution < -0.4 is 0 Å². The molecule has 0 heterocycles. The first kappa shape index (κ1) is 11.5. The van der Waals surface area contributed by atoms with Crippen molar-refractivity contribution in [2.24, 2.45) is 0 Å². The van der Waals surface area contributed by atoms with Gasteiger partial charge in [0.05, 0.1) is 0 Å². The molecule has 0 atom stereocenters. The van der Waals surface area contributed by atoms with Crippen LogP contribution in [0, 0.1) is 0 Å². The fraction of sp³-hybridized carbons (Fsp3) is 0.667. The second-order valence-corrected chi connectivity index (χ2v) is 3.21. The third-order valence-electron chi connectivity index (χ3n) is 2.34. The highest BCUT2D eigenvalue weighted by Crippen LogP contribution is 2.08. The van der Waals surface area contributed by atoms with Crippen LogP contribution in [-0.2, 0) is 0 Å². The summed E-state index contributed by atoms with van der Waals surface area (Å²) >= 11 is 0. The molecule has 0 aliphatic heterocycles. The second-order valence-electron chi connectivity index (χ2n) is 3.21. The predicted octanol–water partition coefficient (Wildman–Crippen LogP) is 4.48. The Morgan fingerprint density at radius 3 is 1.92 bits per heavy atom. The minimum Gasteiger partial charge on any atom is -0.0818 e. The van der Waals surface area contributed by atoms with E-state index in [4.69, 9.17) is 0 Å². The largest absolute Gasteiger partial charge is 0.0818 e. The number of hydrogen-bond donors (Lipinski definition) is 0. The van der Waals surface area contributed by atoms with Gasteiger partial charge >= 0.3 is 0 Å². The van der Waals surface area contributed by atoms with E-state index in [0.29, 0.717) is 0 Å². The summed E-state index contributed by atoms with van der Waals surface area (Å²) < 4.78 is 0. The van der Waals surface area contributed by atoms with Crippen molar-refractivity contribution < 1.29 is 0 Å². The van der Waals surface area contributed by atoms with Crippen LogP contribution in [0.5, 0.6) is 0 Å². The van der Waals surface area contributed by atoms with E-state index in [1.165, 1.54) is 24.8 Å². The van der Waals surface area contributed by atoms with E-state index in [1.54, 1.807) is 5.57 Å². The first-order valence-electron chi connectivity index (χ1n) is 5.08. The third-order valence-corrected chi connectivity index (χ3v) is 2.34. The van der Waals surface area contributed by atoms with Crippen molar-refractivity contribution in [3.05, 3.63) is 23.3 Å². The van der Waals surface area contributed by atoms with Gasteiger partial charge in [0.15, 0.2) is 0 Å². The lowest BCUT2D eigenvalue weighted by atomic mass is 10.1. The second kappa shape index (κ2) is 7.15. The minimum absolute atomic E-state index is 1.12. The van der Waals surface area contributed by atoms with E-state index in [1.807, 2.05) is 0 Å². The van der Waals surface area contributed by atoms with Gasteiger partial charge in [-0.3, -0.25) is 0 Å². The van der Waals surface area contributed by atoms with Gasteiger partial charge in [-0.2, -0.15) is 0 Å². The van der Waals surface area contributed by atoms with E-state index in [2.05, 4.69) is 39.8 Å². The SMILES string of the molecule is CCC(C)=CCC=C(CC)CC. The van der Waals surface area contributed by atoms with Gasteiger partial charge in [0.1, 0.15) is 0 Å². The Balaban J connectivity index is 3.86. The summed E-state index contributed by atoms with van der Waals surface area (Å²) in [5.41, 5.74) is 3.08. The summed E-state index contributed by atoms with van der Waals surface area (Å²) in [5.74, 6) is 0. The highest BCUT2D eigenvalue weighted by molar-refractivity contribution is 5.07. The van der Waals surface area contributed by atoms with Gasteiger partial charge in [-0.15, -0.1) is 0 Å². The first-order valence-corrected chi connectivity index (χ1v) is 5.08. The molecule has 0 bridgehead atoms. The molecule has 0 rings (SSSR count). The van der Waals surface area contributed by atoms with E-state index < -0.39 is 0 Å². The lowest BCUT2D eigenvalue weighted by molar-refractivity contribution is 0.961. The van der Waals surface area contributed by atoms with Crippen molar-refractivity contribution in [1.82, 2.24) is 0 Å². The highest BCUT2D eigenvalue weighted by atomic mass is 13.9. The molecule has 0 aliphatic rings. The fourth-order valence-electron chi connectivity index (χ4n) is 1.11. The Kier molecular flexibility index (Phi) is 6.84. The van der Waals surface area contributed by atoms with Gasteiger partial charge < -0.3 is 0 Å². The van der Waals surface area contributed by atoms with Gasteiger partial charge in [0.2, 0.25) is 0 Å². The summed E-state index contributed by atoms with van der Waals surface area (Å²) in [5, 5.41) is 0. The first-order chi connectivity index (χ1) is 5.74. The molecule has 0 aromatic rings. The molecule has 12 heavy (non-hydrogen) atoms. The van der Waals surface area contributed by atoms with Crippen molar-refractivity contribution in [3.8, 4) is 0 Å². The summed E-state index contributed by atoms with van der Waals surface area (Å²) in [6, 6.07) is 0. The highest BCUT2D eigenvalue weighted by Gasteiger charge is 1.87. The lowest BCUT2D eigenvalue weighted by Gasteiger charge is -1.98. The Labute approximate surface area is 77.4 Å². The molecular weight excluding hydrogens is 144 g/mol. The van der Waals surface area contributed by atoms with Gasteiger partial charge in [0.25, 0.3) is 0 Å². The van der Waals surface area contributed by atoms with Gasteiger partial charge in [0, 0.05) is 0 Å². The zero-order valence-corrected chi connectivity index (χ0v) is 8.98. The maximum absolute atomic E-state index is 2.36. The maximum atomic E-state index is 2.36. The van der Waals surface area contributed by atoms with Gasteiger partial charge in [-0.05, 0) is 32.6 Å². The molecule has 0 heteroatoms. The van der Waals surface area contributed by atoms with Gasteiger partial charge in [-0.1, -0.05) is 44.1 Å². The molecule has 0 unspecified atom stereocenters. The van der Waals surface area contributed by atoms with Crippen LogP contribution in [0.25, 0.3) is 0 Å². The van der Waals surface area contributed by atoms with Crippen molar-refractivity contribution in [2.75, 3.05) is 0 Å². The van der Waals surface area contributed by atoms with E-state index in [9.17, 15) is 0 Å². The molecule has 0 saturated heterocycles. The molecular formula is C12H22. The van der Waals surface area contributed by atoms with E-state index in [-0.39, 0.29) is 0 Å². The average molecular weight is 166 g/mol. The van der Waals surface area contributed by atoms with Crippen LogP contribution in [-0.4, -0.2) is 0 Å². The quantitative estimate of drug-likeness (QED) is 0.528. The number of rotatable bonds is 5. The van der Waals surface area contributed by atoms with Crippen molar-refractivity contribution in [3.63, 3.8) is 0 Å². The molecule has 0 saturated carbocycles. The molecule has 0 radical (unpaired) electrons. The number of hydrogen-bond acceptors (Lipinski definition) is 0. The topological polar surface area (TPSA) is 0 Å². The van der Waals surface area contributed by atoms with E-state index >= 15 is 0 Å². The number of allylic oxidation sites excluding steroid dienone is 4. The van der Waals surface area contributed by atoms with E-state index in [0.717, 1.165) is 6.42 Å². The summed E-state index contributed by atoms with van der Waals surface area (Å²) in [7, 11) is 0. The summed E-state index contributed by atoms with van der Waals surface area (Å²) in [6.45, 7) is 8.86. The average Bonchev–Trinajstić information content (AvgIpc) is 2.12. The molecule has 0 nitrogen and oxygen atoms in total. The van der Waals surface area contributed by atoms with Crippen molar-refractivity contribution in [1.29, 1.82) is 0 Å². The molecule has 0 aromatic carbocycles. The summed E-state index contributed by atoms with van der Waals surface area (Å²) in [4.78, 5) is 0. The summed E-state index contributed by atoms with van der Waals surface area (Å²) in [6.07, 6.45) is 9.40. The van der Waals surface area contributed by atoms with Crippen LogP contribution in [0.2, 0.25) is 0 Å². The maximum Gasteiger partial charge on any atom is -0.0164 e. The molecule has 0 amide bonds. The normalized spacial score (nSPS) is 11.5. The van der Waals surface area contributed by atoms with Crippen LogP contribution >= 0.6 is 0 Å². The zero-order chi connectivity index (χ0) is 9.40. The van der Waals surface area contributed by atoms with Crippen molar-refractivity contribution >= 4 is 0 Å². The van der Waals surface area contributed by atoms with Crippen LogP contribution in [0.1, 0.15) is 53.4 Å². The van der Waals surface area contributed by atoms with Crippen LogP contribution in [0.3, 0.4) is 0 Å². The fourth-order valence-corrected chi connectivity index (χ4v) is 1.11. The monoisotopic (exact) mass is 166 g/mol.